The number of rotatable bonds is 3. The van der Waals surface area contributed by atoms with Crippen LogP contribution in [0, 0.1) is 0 Å². The second-order valence-corrected chi connectivity index (χ2v) is 6.71. The average molecular weight is 332 g/mol. The second-order valence-electron chi connectivity index (χ2n) is 3.79. The average Bonchev–Trinajstić information content (AvgIpc) is 2.81. The quantitative estimate of drug-likeness (QED) is 0.470. The minimum atomic E-state index is -0.300. The van der Waals surface area contributed by atoms with E-state index >= 15 is 0 Å². The van der Waals surface area contributed by atoms with Crippen LogP contribution in [0.25, 0.3) is 0 Å². The molecule has 1 aromatic carbocycles. The normalized spacial score (nSPS) is 16.2. The van der Waals surface area contributed by atoms with E-state index in [9.17, 15) is 4.79 Å². The van der Waals surface area contributed by atoms with Gasteiger partial charge in [0.2, 0.25) is 0 Å². The molecule has 0 saturated heterocycles. The number of halogens is 1. The molecular weight excluding hydrogens is 317 g/mol. The molecule has 1 amide bonds. The van der Waals surface area contributed by atoms with Crippen LogP contribution in [-0.4, -0.2) is 10.0 Å². The number of hydrogen-bond donors (Lipinski definition) is 1. The van der Waals surface area contributed by atoms with Gasteiger partial charge in [0.15, 0.2) is 0 Å². The molecule has 1 saturated carbocycles. The fourth-order valence-electron chi connectivity index (χ4n) is 1.72. The summed E-state index contributed by atoms with van der Waals surface area (Å²) in [6, 6.07) is 9.18. The molecular formula is C12H15INO2-. The molecule has 4 heteroatoms. The Labute approximate surface area is 106 Å². The monoisotopic (exact) mass is 332 g/mol. The second kappa shape index (κ2) is 6.08. The molecule has 1 aliphatic carbocycles. The van der Waals surface area contributed by atoms with E-state index in [-0.39, 0.29) is 27.6 Å². The Morgan fingerprint density at radius 2 is 1.94 bits per heavy atom. The molecule has 0 unspecified atom stereocenters. The van der Waals surface area contributed by atoms with Gasteiger partial charge in [-0.1, -0.05) is 0 Å². The Bertz CT molecular complexity index is 336. The molecule has 1 N–H and O–H groups in total. The number of para-hydroxylation sites is 1. The molecule has 0 aromatic heterocycles. The number of alkyl halides is 1. The van der Waals surface area contributed by atoms with Crippen LogP contribution >= 0.6 is 0 Å². The van der Waals surface area contributed by atoms with Gasteiger partial charge in [0, 0.05) is 0 Å². The van der Waals surface area contributed by atoms with Crippen LogP contribution in [0.2, 0.25) is 0 Å². The first-order chi connectivity index (χ1) is 7.84. The first kappa shape index (κ1) is 11.7. The van der Waals surface area contributed by atoms with Gasteiger partial charge in [-0.3, -0.25) is 0 Å². The predicted molar refractivity (Wildman–Crippen MR) is 57.9 cm³/mol. The summed E-state index contributed by atoms with van der Waals surface area (Å²) in [6.07, 6.45) is 4.89. The van der Waals surface area contributed by atoms with Crippen molar-refractivity contribution in [1.29, 1.82) is 0 Å². The number of carbonyl (C=O) groups is 1. The first-order valence-corrected chi connectivity index (χ1v) is 7.82. The standard InChI is InChI=1S/C12H15INO2/c15-12(14-13-10-6-4-5-7-10)16-11-8-2-1-3-9-11/h1-3,8-10H,4-7H2,(H,14,15)/q-1. The van der Waals surface area contributed by atoms with Crippen LogP contribution in [-0.2, 0) is 0 Å². The van der Waals surface area contributed by atoms with Crippen LogP contribution in [0.5, 0.6) is 5.75 Å². The maximum absolute atomic E-state index is 11.5. The van der Waals surface area contributed by atoms with Gasteiger partial charge in [-0.2, -0.15) is 0 Å². The molecule has 0 radical (unpaired) electrons. The molecule has 3 nitrogen and oxygen atoms in total. The molecule has 88 valence electrons. The van der Waals surface area contributed by atoms with Gasteiger partial charge in [0.05, 0.1) is 0 Å². The van der Waals surface area contributed by atoms with Crippen LogP contribution in [0.1, 0.15) is 25.7 Å². The Morgan fingerprint density at radius 3 is 2.62 bits per heavy atom. The van der Waals surface area contributed by atoms with Gasteiger partial charge in [-0.25, -0.2) is 0 Å². The molecule has 1 aromatic rings. The maximum atomic E-state index is 11.5. The zero-order chi connectivity index (χ0) is 11.2. The van der Waals surface area contributed by atoms with Gasteiger partial charge >= 0.3 is 106 Å². The Balaban J connectivity index is 1.72. The van der Waals surface area contributed by atoms with E-state index in [1.807, 2.05) is 18.2 Å². The van der Waals surface area contributed by atoms with Crippen molar-refractivity contribution >= 4 is 6.09 Å². The van der Waals surface area contributed by atoms with Gasteiger partial charge < -0.3 is 0 Å². The van der Waals surface area contributed by atoms with Crippen LogP contribution in [0.15, 0.2) is 30.3 Å². The van der Waals surface area contributed by atoms with Crippen molar-refractivity contribution in [2.75, 3.05) is 0 Å². The summed E-state index contributed by atoms with van der Waals surface area (Å²) in [5, 5.41) is 0. The fourth-order valence-corrected chi connectivity index (χ4v) is 4.03. The van der Waals surface area contributed by atoms with Gasteiger partial charge in [0.25, 0.3) is 0 Å². The van der Waals surface area contributed by atoms with E-state index in [1.165, 1.54) is 25.7 Å². The van der Waals surface area contributed by atoms with Crippen molar-refractivity contribution < 1.29 is 31.0 Å². The van der Waals surface area contributed by atoms with Crippen molar-refractivity contribution in [3.63, 3.8) is 0 Å². The molecule has 2 rings (SSSR count). The number of amides is 1. The molecule has 0 heterocycles. The summed E-state index contributed by atoms with van der Waals surface area (Å²) in [6.45, 7) is 0. The molecule has 0 bridgehead atoms. The first-order valence-electron chi connectivity index (χ1n) is 5.50. The summed E-state index contributed by atoms with van der Waals surface area (Å²) in [4.78, 5) is 11.5. The van der Waals surface area contributed by atoms with E-state index < -0.39 is 0 Å². The van der Waals surface area contributed by atoms with E-state index in [2.05, 4.69) is 3.53 Å². The third kappa shape index (κ3) is 3.66. The molecule has 1 aliphatic rings. The third-order valence-corrected chi connectivity index (χ3v) is 5.40. The number of benzene rings is 1. The van der Waals surface area contributed by atoms with Gasteiger partial charge in [-0.15, -0.1) is 0 Å². The van der Waals surface area contributed by atoms with E-state index in [0.717, 1.165) is 3.92 Å². The molecule has 0 atom stereocenters. The van der Waals surface area contributed by atoms with Crippen LogP contribution in [0.3, 0.4) is 0 Å². The van der Waals surface area contributed by atoms with Gasteiger partial charge in [0.1, 0.15) is 0 Å². The zero-order valence-corrected chi connectivity index (χ0v) is 11.1. The number of ether oxygens (including phenoxy) is 1. The molecule has 16 heavy (non-hydrogen) atoms. The number of carbonyl (C=O) groups excluding carboxylic acids is 1. The predicted octanol–water partition coefficient (Wildman–Crippen LogP) is -0.278. The fraction of sp³-hybridized carbons (Fsp3) is 0.417. The van der Waals surface area contributed by atoms with Crippen molar-refractivity contribution in [3.8, 4) is 5.75 Å². The zero-order valence-electron chi connectivity index (χ0n) is 8.99. The summed E-state index contributed by atoms with van der Waals surface area (Å²) in [5.74, 6) is 0.607. The number of hydrogen-bond acceptors (Lipinski definition) is 2. The summed E-state index contributed by atoms with van der Waals surface area (Å²) < 4.78 is 8.83. The molecule has 1 fully saturated rings. The number of nitrogens with one attached hydrogen (secondary N) is 1. The summed E-state index contributed by atoms with van der Waals surface area (Å²) in [5.41, 5.74) is 0. The van der Waals surface area contributed by atoms with E-state index in [4.69, 9.17) is 4.74 Å². The van der Waals surface area contributed by atoms with Crippen LogP contribution in [0.4, 0.5) is 4.79 Å². The van der Waals surface area contributed by atoms with Crippen LogP contribution < -0.4 is 29.7 Å². The van der Waals surface area contributed by atoms with Crippen molar-refractivity contribution in [3.05, 3.63) is 30.3 Å². The van der Waals surface area contributed by atoms with Crippen molar-refractivity contribution in [1.82, 2.24) is 3.53 Å². The third-order valence-electron chi connectivity index (χ3n) is 2.52. The Hall–Kier alpha value is -0.780. The Kier molecular flexibility index (Phi) is 4.44. The van der Waals surface area contributed by atoms with Crippen molar-refractivity contribution in [2.24, 2.45) is 0 Å². The topological polar surface area (TPSA) is 38.3 Å². The van der Waals surface area contributed by atoms with Crippen molar-refractivity contribution in [2.45, 2.75) is 29.6 Å². The summed E-state index contributed by atoms with van der Waals surface area (Å²) in [7, 11) is 0. The Morgan fingerprint density at radius 1 is 1.25 bits per heavy atom. The minimum absolute atomic E-state index is 0.242. The summed E-state index contributed by atoms with van der Waals surface area (Å²) >= 11 is -0.242. The van der Waals surface area contributed by atoms with Gasteiger partial charge in [-0.05, 0) is 0 Å². The molecule has 0 spiro atoms. The SMILES string of the molecule is O=C(N[I-]C1CCCC1)Oc1ccccc1. The van der Waals surface area contributed by atoms with E-state index in [0.29, 0.717) is 5.75 Å². The van der Waals surface area contributed by atoms with E-state index in [1.54, 1.807) is 12.1 Å². The molecule has 0 aliphatic heterocycles.